The van der Waals surface area contributed by atoms with Gasteiger partial charge in [-0.25, -0.2) is 8.78 Å². The fourth-order valence-electron chi connectivity index (χ4n) is 2.62. The molecule has 1 atom stereocenters. The maximum atomic E-state index is 13.6. The number of ether oxygens (including phenoxy) is 1. The molecule has 1 aromatic carbocycles. The van der Waals surface area contributed by atoms with Gasteiger partial charge in [0.05, 0.1) is 25.3 Å². The maximum Gasteiger partial charge on any atom is 0.191 e. The van der Waals surface area contributed by atoms with E-state index < -0.39 is 11.6 Å². The molecule has 0 aliphatic carbocycles. The predicted molar refractivity (Wildman–Crippen MR) is 105 cm³/mol. The van der Waals surface area contributed by atoms with Crippen molar-refractivity contribution in [2.24, 2.45) is 12.0 Å². The Hall–Kier alpha value is -2.68. The Labute approximate surface area is 164 Å². The molecule has 0 amide bonds. The highest BCUT2D eigenvalue weighted by Crippen LogP contribution is 2.18. The summed E-state index contributed by atoms with van der Waals surface area (Å²) < 4.78 is 33.6. The number of halogens is 2. The average molecular weight is 394 g/mol. The lowest BCUT2D eigenvalue weighted by atomic mass is 10.1. The minimum atomic E-state index is -0.717. The highest BCUT2D eigenvalue weighted by molar-refractivity contribution is 5.79. The quantitative estimate of drug-likeness (QED) is 0.387. The molecule has 9 heteroatoms. The Balaban J connectivity index is 1.90. The summed E-state index contributed by atoms with van der Waals surface area (Å²) in [6, 6.07) is 3.33. The van der Waals surface area contributed by atoms with Crippen LogP contribution in [-0.2, 0) is 7.05 Å². The molecule has 0 bridgehead atoms. The second-order valence-corrected chi connectivity index (χ2v) is 6.50. The zero-order chi connectivity index (χ0) is 20.5. The van der Waals surface area contributed by atoms with Crippen molar-refractivity contribution < 1.29 is 13.5 Å². The molecular weight excluding hydrogens is 366 g/mol. The summed E-state index contributed by atoms with van der Waals surface area (Å²) >= 11 is 0. The zero-order valence-electron chi connectivity index (χ0n) is 16.7. The van der Waals surface area contributed by atoms with Gasteiger partial charge in [-0.3, -0.25) is 9.67 Å². The van der Waals surface area contributed by atoms with E-state index in [0.29, 0.717) is 25.6 Å². The molecule has 0 saturated carbocycles. The standard InChI is InChI=1S/C19H28F2N6O/c1-5-22-19(23-8-9-28-18-7-6-15(20)10-16(18)21)24-12-17(26(2)3)14-11-25-27(4)13-14/h6-7,10-11,13,17H,5,8-9,12H2,1-4H3,(H2,22,23,24). The minimum Gasteiger partial charge on any atom is -0.489 e. The number of aromatic nitrogens is 2. The first-order valence-electron chi connectivity index (χ1n) is 9.15. The number of guanidine groups is 1. The minimum absolute atomic E-state index is 0.0226. The van der Waals surface area contributed by atoms with E-state index in [-0.39, 0.29) is 18.4 Å². The van der Waals surface area contributed by atoms with E-state index in [4.69, 9.17) is 4.74 Å². The van der Waals surface area contributed by atoms with Crippen LogP contribution in [0.1, 0.15) is 18.5 Å². The predicted octanol–water partition coefficient (Wildman–Crippen LogP) is 1.94. The molecule has 28 heavy (non-hydrogen) atoms. The van der Waals surface area contributed by atoms with Crippen molar-refractivity contribution in [3.05, 3.63) is 47.8 Å². The Morgan fingerprint density at radius 1 is 1.32 bits per heavy atom. The van der Waals surface area contributed by atoms with Crippen LogP contribution >= 0.6 is 0 Å². The second kappa shape index (κ2) is 10.6. The van der Waals surface area contributed by atoms with Crippen molar-refractivity contribution in [1.82, 2.24) is 25.3 Å². The molecule has 0 fully saturated rings. The van der Waals surface area contributed by atoms with Gasteiger partial charge >= 0.3 is 0 Å². The SMILES string of the molecule is CCNC(=NCC(c1cnn(C)c1)N(C)C)NCCOc1ccc(F)cc1F. The smallest absolute Gasteiger partial charge is 0.191 e. The lowest BCUT2D eigenvalue weighted by Crippen LogP contribution is -2.40. The van der Waals surface area contributed by atoms with Crippen LogP contribution in [0.4, 0.5) is 8.78 Å². The molecule has 0 spiro atoms. The summed E-state index contributed by atoms with van der Waals surface area (Å²) in [6.45, 7) is 3.86. The lowest BCUT2D eigenvalue weighted by molar-refractivity contribution is 0.302. The third kappa shape index (κ3) is 6.49. The first-order valence-corrected chi connectivity index (χ1v) is 9.15. The third-order valence-corrected chi connectivity index (χ3v) is 4.05. The van der Waals surface area contributed by atoms with Crippen molar-refractivity contribution in [1.29, 1.82) is 0 Å². The fraction of sp³-hybridized carbons (Fsp3) is 0.474. The molecule has 7 nitrogen and oxygen atoms in total. The first kappa shape index (κ1) is 21.6. The summed E-state index contributed by atoms with van der Waals surface area (Å²) in [4.78, 5) is 6.72. The zero-order valence-corrected chi connectivity index (χ0v) is 16.7. The topological polar surface area (TPSA) is 66.7 Å². The van der Waals surface area contributed by atoms with Crippen molar-refractivity contribution in [2.45, 2.75) is 13.0 Å². The molecule has 2 N–H and O–H groups in total. The van der Waals surface area contributed by atoms with E-state index in [1.54, 1.807) is 4.68 Å². The van der Waals surface area contributed by atoms with Crippen LogP contribution in [0.5, 0.6) is 5.75 Å². The molecule has 2 aromatic rings. The molecule has 154 valence electrons. The summed E-state index contributed by atoms with van der Waals surface area (Å²) in [6.07, 6.45) is 3.82. The normalized spacial score (nSPS) is 12.9. The first-order chi connectivity index (χ1) is 13.4. The number of nitrogens with zero attached hydrogens (tertiary/aromatic N) is 4. The van der Waals surface area contributed by atoms with Crippen molar-refractivity contribution >= 4 is 5.96 Å². The summed E-state index contributed by atoms with van der Waals surface area (Å²) in [5.41, 5.74) is 1.09. The molecule has 0 aliphatic heterocycles. The van der Waals surface area contributed by atoms with Gasteiger partial charge in [-0.05, 0) is 33.2 Å². The van der Waals surface area contributed by atoms with Crippen LogP contribution < -0.4 is 15.4 Å². The summed E-state index contributed by atoms with van der Waals surface area (Å²) in [5, 5.41) is 10.5. The molecule has 1 aromatic heterocycles. The Morgan fingerprint density at radius 2 is 2.11 bits per heavy atom. The fourth-order valence-corrected chi connectivity index (χ4v) is 2.62. The third-order valence-electron chi connectivity index (χ3n) is 4.05. The monoisotopic (exact) mass is 394 g/mol. The van der Waals surface area contributed by atoms with Crippen LogP contribution in [0.25, 0.3) is 0 Å². The number of hydrogen-bond acceptors (Lipinski definition) is 4. The molecule has 0 aliphatic rings. The number of likely N-dealkylation sites (N-methyl/N-ethyl adjacent to an activating group) is 1. The molecule has 1 heterocycles. The number of hydrogen-bond donors (Lipinski definition) is 2. The van der Waals surface area contributed by atoms with Gasteiger partial charge in [0.25, 0.3) is 0 Å². The lowest BCUT2D eigenvalue weighted by Gasteiger charge is -2.22. The van der Waals surface area contributed by atoms with E-state index in [2.05, 4.69) is 25.6 Å². The van der Waals surface area contributed by atoms with E-state index in [0.717, 1.165) is 17.7 Å². The molecule has 1 unspecified atom stereocenters. The number of rotatable bonds is 9. The van der Waals surface area contributed by atoms with Crippen molar-refractivity contribution in [3.8, 4) is 5.75 Å². The van der Waals surface area contributed by atoms with Gasteiger partial charge in [-0.1, -0.05) is 0 Å². The van der Waals surface area contributed by atoms with Crippen LogP contribution in [0.15, 0.2) is 35.6 Å². The molecule has 0 saturated heterocycles. The maximum absolute atomic E-state index is 13.6. The summed E-state index contributed by atoms with van der Waals surface area (Å²) in [7, 11) is 5.88. The van der Waals surface area contributed by atoms with Gasteiger partial charge < -0.3 is 20.3 Å². The van der Waals surface area contributed by atoms with E-state index in [1.807, 2.05) is 40.5 Å². The Morgan fingerprint density at radius 3 is 2.71 bits per heavy atom. The van der Waals surface area contributed by atoms with E-state index >= 15 is 0 Å². The second-order valence-electron chi connectivity index (χ2n) is 6.50. The number of aliphatic imine (C=N–C) groups is 1. The van der Waals surface area contributed by atoms with E-state index in [9.17, 15) is 8.78 Å². The Kier molecular flexibility index (Phi) is 8.19. The van der Waals surface area contributed by atoms with Gasteiger partial charge in [0.1, 0.15) is 12.4 Å². The van der Waals surface area contributed by atoms with E-state index in [1.165, 1.54) is 6.07 Å². The molecule has 2 rings (SSSR count). The molecular formula is C19H28F2N6O. The average Bonchev–Trinajstić information content (AvgIpc) is 3.06. The van der Waals surface area contributed by atoms with Crippen LogP contribution in [0, 0.1) is 11.6 Å². The number of benzene rings is 1. The Bertz CT molecular complexity index is 778. The largest absolute Gasteiger partial charge is 0.489 e. The summed E-state index contributed by atoms with van der Waals surface area (Å²) in [5.74, 6) is -0.685. The number of aryl methyl sites for hydroxylation is 1. The molecule has 0 radical (unpaired) electrons. The van der Waals surface area contributed by atoms with Crippen LogP contribution in [-0.4, -0.2) is 61.0 Å². The van der Waals surface area contributed by atoms with Gasteiger partial charge in [0, 0.05) is 31.4 Å². The van der Waals surface area contributed by atoms with Gasteiger partial charge in [0.15, 0.2) is 17.5 Å². The van der Waals surface area contributed by atoms with Crippen molar-refractivity contribution in [2.75, 3.05) is 40.3 Å². The van der Waals surface area contributed by atoms with Gasteiger partial charge in [-0.2, -0.15) is 5.10 Å². The van der Waals surface area contributed by atoms with Gasteiger partial charge in [0.2, 0.25) is 0 Å². The number of nitrogens with one attached hydrogen (secondary N) is 2. The highest BCUT2D eigenvalue weighted by atomic mass is 19.1. The highest BCUT2D eigenvalue weighted by Gasteiger charge is 2.15. The van der Waals surface area contributed by atoms with Gasteiger partial charge in [-0.15, -0.1) is 0 Å². The van der Waals surface area contributed by atoms with Crippen LogP contribution in [0.3, 0.4) is 0 Å². The van der Waals surface area contributed by atoms with Crippen molar-refractivity contribution in [3.63, 3.8) is 0 Å². The van der Waals surface area contributed by atoms with Crippen LogP contribution in [0.2, 0.25) is 0 Å².